The van der Waals surface area contributed by atoms with Gasteiger partial charge in [0.1, 0.15) is 0 Å². The maximum Gasteiger partial charge on any atom is 0.419 e. The van der Waals surface area contributed by atoms with Crippen LogP contribution in [0.5, 0.6) is 0 Å². The fraction of sp³-hybridized carbons (Fsp3) is 0.176. The van der Waals surface area contributed by atoms with E-state index in [1.54, 1.807) is 29.7 Å². The van der Waals surface area contributed by atoms with Gasteiger partial charge in [-0.15, -0.1) is 22.7 Å². The van der Waals surface area contributed by atoms with Crippen LogP contribution in [-0.4, -0.2) is 10.6 Å². The molecular formula is C17H13N3O2S2. The zero-order valence-electron chi connectivity index (χ0n) is 12.8. The molecule has 0 amide bonds. The average molecular weight is 355 g/mol. The van der Waals surface area contributed by atoms with E-state index in [0.29, 0.717) is 12.0 Å². The highest BCUT2D eigenvalue weighted by Crippen LogP contribution is 2.39. The van der Waals surface area contributed by atoms with E-state index in [-0.39, 0.29) is 5.76 Å². The number of nitrogens with zero attached hydrogens (tertiary/aromatic N) is 2. The summed E-state index contributed by atoms with van der Waals surface area (Å²) in [4.78, 5) is 13.9. The van der Waals surface area contributed by atoms with Gasteiger partial charge in [0.15, 0.2) is 5.58 Å². The first kappa shape index (κ1) is 15.1. The normalized spacial score (nSPS) is 12.7. The first-order valence-corrected chi connectivity index (χ1v) is 8.96. The first-order chi connectivity index (χ1) is 11.5. The van der Waals surface area contributed by atoms with Gasteiger partial charge in [0.2, 0.25) is 0 Å². The fourth-order valence-corrected chi connectivity index (χ4v) is 5.15. The Morgan fingerprint density at radius 2 is 2.08 bits per heavy atom. The number of fused-ring (bicyclic) bond motifs is 2. The molecule has 1 aromatic carbocycles. The number of aryl methyl sites for hydroxylation is 1. The van der Waals surface area contributed by atoms with Crippen molar-refractivity contribution in [3.8, 4) is 16.5 Å². The second-order valence-electron chi connectivity index (χ2n) is 5.60. The smallest absolute Gasteiger partial charge is 0.408 e. The summed E-state index contributed by atoms with van der Waals surface area (Å²) in [5.74, 6) is -0.354. The minimum atomic E-state index is -0.456. The molecule has 7 heteroatoms. The largest absolute Gasteiger partial charge is 0.419 e. The van der Waals surface area contributed by atoms with Gasteiger partial charge < -0.3 is 10.2 Å². The number of hydrogen-bond donors (Lipinski definition) is 1. The second kappa shape index (κ2) is 5.60. The molecule has 1 unspecified atom stereocenters. The number of hydrogen-bond acceptors (Lipinski definition) is 6. The zero-order valence-corrected chi connectivity index (χ0v) is 14.4. The first-order valence-electron chi connectivity index (χ1n) is 7.32. The van der Waals surface area contributed by atoms with E-state index in [4.69, 9.17) is 15.4 Å². The summed E-state index contributed by atoms with van der Waals surface area (Å²) in [5.41, 5.74) is 8.14. The molecule has 3 heterocycles. The lowest BCUT2D eigenvalue weighted by molar-refractivity contribution is 0.528. The van der Waals surface area contributed by atoms with Crippen molar-refractivity contribution in [2.75, 3.05) is 0 Å². The Morgan fingerprint density at radius 1 is 1.29 bits per heavy atom. The highest BCUT2D eigenvalue weighted by atomic mass is 32.1. The monoisotopic (exact) mass is 355 g/mol. The molecule has 0 fully saturated rings. The summed E-state index contributed by atoms with van der Waals surface area (Å²) in [7, 11) is 1.70. The van der Waals surface area contributed by atoms with Crippen LogP contribution in [0.15, 0.2) is 39.5 Å². The third-order valence-corrected chi connectivity index (χ3v) is 6.29. The van der Waals surface area contributed by atoms with Gasteiger partial charge in [0, 0.05) is 32.6 Å². The predicted octanol–water partition coefficient (Wildman–Crippen LogP) is 3.47. The SMILES string of the molecule is Cn1c(=O)oc2ccc(-c3cc4sc(CC(N)C#N)cc4s3)cc21. The standard InChI is InChI=1S/C17H13N3O2S2/c1-20-12-4-9(2-3-13(12)22-17(20)21)14-7-16-15(24-14)6-11(23-16)5-10(19)8-18/h2-4,6-7,10H,5,19H2,1H3. The van der Waals surface area contributed by atoms with Gasteiger partial charge in [-0.2, -0.15) is 5.26 Å². The minimum absolute atomic E-state index is 0.354. The summed E-state index contributed by atoms with van der Waals surface area (Å²) < 4.78 is 9.06. The lowest BCUT2D eigenvalue weighted by atomic mass is 10.1. The number of thiophene rings is 2. The molecule has 0 saturated heterocycles. The molecule has 4 rings (SSSR count). The van der Waals surface area contributed by atoms with Crippen molar-refractivity contribution < 1.29 is 4.42 Å². The van der Waals surface area contributed by atoms with Crippen LogP contribution in [0, 0.1) is 11.3 Å². The number of benzene rings is 1. The van der Waals surface area contributed by atoms with Crippen LogP contribution in [0.1, 0.15) is 4.88 Å². The van der Waals surface area contributed by atoms with Crippen LogP contribution >= 0.6 is 22.7 Å². The number of nitriles is 1. The maximum absolute atomic E-state index is 11.6. The van der Waals surface area contributed by atoms with Crippen molar-refractivity contribution >= 4 is 43.2 Å². The molecule has 0 aliphatic heterocycles. The van der Waals surface area contributed by atoms with Gasteiger partial charge in [-0.1, -0.05) is 0 Å². The number of oxazole rings is 1. The van der Waals surface area contributed by atoms with E-state index in [1.165, 1.54) is 14.0 Å². The highest BCUT2D eigenvalue weighted by Gasteiger charge is 2.12. The topological polar surface area (TPSA) is 84.9 Å². The lowest BCUT2D eigenvalue weighted by Gasteiger charge is -1.99. The Labute approximate surface area is 145 Å². The molecule has 0 spiro atoms. The van der Waals surface area contributed by atoms with E-state index in [0.717, 1.165) is 20.8 Å². The van der Waals surface area contributed by atoms with Crippen molar-refractivity contribution in [1.82, 2.24) is 4.57 Å². The van der Waals surface area contributed by atoms with Crippen molar-refractivity contribution in [2.45, 2.75) is 12.5 Å². The van der Waals surface area contributed by atoms with E-state index >= 15 is 0 Å². The quantitative estimate of drug-likeness (QED) is 0.610. The Bertz CT molecular complexity index is 1120. The molecule has 120 valence electrons. The van der Waals surface area contributed by atoms with Crippen LogP contribution in [0.25, 0.3) is 30.9 Å². The van der Waals surface area contributed by atoms with Gasteiger partial charge in [-0.05, 0) is 35.9 Å². The van der Waals surface area contributed by atoms with Crippen molar-refractivity contribution in [1.29, 1.82) is 5.26 Å². The molecule has 1 atom stereocenters. The Hall–Kier alpha value is -2.40. The molecule has 24 heavy (non-hydrogen) atoms. The summed E-state index contributed by atoms with van der Waals surface area (Å²) in [5, 5.41) is 8.83. The van der Waals surface area contributed by atoms with E-state index in [1.807, 2.05) is 18.2 Å². The summed E-state index contributed by atoms with van der Waals surface area (Å²) >= 11 is 3.37. The highest BCUT2D eigenvalue weighted by molar-refractivity contribution is 7.29. The van der Waals surface area contributed by atoms with Crippen LogP contribution in [0.4, 0.5) is 0 Å². The molecule has 0 aliphatic carbocycles. The number of nitrogens with two attached hydrogens (primary N) is 1. The Balaban J connectivity index is 1.74. The molecule has 0 aliphatic rings. The van der Waals surface area contributed by atoms with Crippen LogP contribution < -0.4 is 11.5 Å². The fourth-order valence-electron chi connectivity index (χ4n) is 2.67. The Kier molecular flexibility index (Phi) is 3.53. The second-order valence-corrected chi connectivity index (χ2v) is 7.85. The molecule has 0 saturated carbocycles. The lowest BCUT2D eigenvalue weighted by Crippen LogP contribution is -2.19. The van der Waals surface area contributed by atoms with E-state index < -0.39 is 6.04 Å². The van der Waals surface area contributed by atoms with E-state index in [9.17, 15) is 4.79 Å². The average Bonchev–Trinajstić information content (AvgIpc) is 3.20. The predicted molar refractivity (Wildman–Crippen MR) is 97.4 cm³/mol. The van der Waals surface area contributed by atoms with Crippen LogP contribution in [-0.2, 0) is 13.5 Å². The Morgan fingerprint density at radius 3 is 2.83 bits per heavy atom. The molecule has 5 nitrogen and oxygen atoms in total. The van der Waals surface area contributed by atoms with Gasteiger partial charge >= 0.3 is 5.76 Å². The summed E-state index contributed by atoms with van der Waals surface area (Å²) in [6.45, 7) is 0. The molecule has 4 aromatic rings. The third kappa shape index (κ3) is 2.45. The molecular weight excluding hydrogens is 342 g/mol. The summed E-state index contributed by atoms with van der Waals surface area (Å²) in [6.07, 6.45) is 0.584. The van der Waals surface area contributed by atoms with Crippen LogP contribution in [0.3, 0.4) is 0 Å². The number of aromatic nitrogens is 1. The molecule has 3 aromatic heterocycles. The zero-order chi connectivity index (χ0) is 16.8. The molecule has 0 bridgehead atoms. The number of rotatable bonds is 3. The molecule has 0 radical (unpaired) electrons. The molecule has 2 N–H and O–H groups in total. The van der Waals surface area contributed by atoms with Crippen molar-refractivity contribution in [3.63, 3.8) is 0 Å². The minimum Gasteiger partial charge on any atom is -0.408 e. The van der Waals surface area contributed by atoms with Crippen LogP contribution in [0.2, 0.25) is 0 Å². The maximum atomic E-state index is 11.6. The van der Waals surface area contributed by atoms with Gasteiger partial charge in [-0.3, -0.25) is 4.57 Å². The van der Waals surface area contributed by atoms with Crippen molar-refractivity contribution in [2.24, 2.45) is 12.8 Å². The van der Waals surface area contributed by atoms with Crippen molar-refractivity contribution in [3.05, 3.63) is 45.8 Å². The van der Waals surface area contributed by atoms with Gasteiger partial charge in [0.05, 0.1) is 17.6 Å². The summed E-state index contributed by atoms with van der Waals surface area (Å²) in [6, 6.07) is 11.6. The van der Waals surface area contributed by atoms with Gasteiger partial charge in [-0.25, -0.2) is 4.79 Å². The van der Waals surface area contributed by atoms with Gasteiger partial charge in [0.25, 0.3) is 0 Å². The third-order valence-electron chi connectivity index (χ3n) is 3.92. The van der Waals surface area contributed by atoms with E-state index in [2.05, 4.69) is 18.2 Å².